The van der Waals surface area contributed by atoms with Crippen LogP contribution >= 0.6 is 11.3 Å². The molecule has 1 atom stereocenters. The second-order valence-corrected chi connectivity index (χ2v) is 10.8. The normalized spacial score (nSPS) is 17.7. The van der Waals surface area contributed by atoms with Crippen molar-refractivity contribution in [1.82, 2.24) is 29.0 Å². The van der Waals surface area contributed by atoms with Gasteiger partial charge >= 0.3 is 5.69 Å². The van der Waals surface area contributed by atoms with E-state index in [2.05, 4.69) is 10.2 Å². The highest BCUT2D eigenvalue weighted by molar-refractivity contribution is 7.21. The second kappa shape index (κ2) is 8.91. The molecule has 1 aliphatic heterocycles. The first-order valence-corrected chi connectivity index (χ1v) is 13.2. The summed E-state index contributed by atoms with van der Waals surface area (Å²) in [4.78, 5) is 45.7. The van der Waals surface area contributed by atoms with E-state index in [9.17, 15) is 14.4 Å². The summed E-state index contributed by atoms with van der Waals surface area (Å²) in [5, 5.41) is 9.60. The van der Waals surface area contributed by atoms with E-state index in [-0.39, 0.29) is 5.91 Å². The zero-order valence-electron chi connectivity index (χ0n) is 21.2. The van der Waals surface area contributed by atoms with Crippen LogP contribution in [0.1, 0.15) is 36.1 Å². The number of amides is 1. The molecule has 1 saturated heterocycles. The summed E-state index contributed by atoms with van der Waals surface area (Å²) < 4.78 is 2.85. The first-order chi connectivity index (χ1) is 18.3. The zero-order chi connectivity index (χ0) is 26.6. The van der Waals surface area contributed by atoms with Gasteiger partial charge in [0.05, 0.1) is 23.8 Å². The molecular formula is C28H26N6O3S. The monoisotopic (exact) mass is 526 g/mol. The van der Waals surface area contributed by atoms with Gasteiger partial charge in [-0.25, -0.2) is 9.36 Å². The molecule has 0 radical (unpaired) electrons. The Balaban J connectivity index is 1.78. The molecule has 9 nitrogen and oxygen atoms in total. The Morgan fingerprint density at radius 1 is 0.921 bits per heavy atom. The Hall–Kier alpha value is -4.31. The van der Waals surface area contributed by atoms with Gasteiger partial charge in [-0.2, -0.15) is 10.2 Å². The summed E-state index contributed by atoms with van der Waals surface area (Å²) in [6.45, 7) is 3.99. The van der Waals surface area contributed by atoms with Crippen molar-refractivity contribution in [2.45, 2.75) is 31.8 Å². The Morgan fingerprint density at radius 2 is 1.50 bits per heavy atom. The molecule has 3 aromatic heterocycles. The third kappa shape index (κ3) is 3.47. The van der Waals surface area contributed by atoms with E-state index in [1.54, 1.807) is 35.8 Å². The molecular weight excluding hydrogens is 500 g/mol. The number of rotatable bonds is 5. The van der Waals surface area contributed by atoms with Crippen molar-refractivity contribution in [2.24, 2.45) is 0 Å². The standard InChI is InChI=1S/C28H26N6O3S/c1-18-21-23(35)33(28(2)14-17-31(3)26(28)36)27(37)32(25(21)38-24(18)34-29-15-16-30-34)22(19-10-6-4-7-11-19)20-12-8-5-9-13-20/h4-13,15-16,22H,14,17H2,1-3H3. The Kier molecular flexibility index (Phi) is 5.64. The third-order valence-corrected chi connectivity index (χ3v) is 8.72. The number of carbonyl (C=O) groups is 1. The van der Waals surface area contributed by atoms with Crippen LogP contribution in [-0.4, -0.2) is 48.5 Å². The lowest BCUT2D eigenvalue weighted by molar-refractivity contribution is -0.133. The van der Waals surface area contributed by atoms with Gasteiger partial charge in [0.25, 0.3) is 5.56 Å². The van der Waals surface area contributed by atoms with Crippen LogP contribution < -0.4 is 11.2 Å². The van der Waals surface area contributed by atoms with Crippen molar-refractivity contribution >= 4 is 27.5 Å². The molecule has 6 rings (SSSR count). The van der Waals surface area contributed by atoms with Gasteiger partial charge in [-0.15, -0.1) is 4.80 Å². The van der Waals surface area contributed by atoms with Gasteiger partial charge in [0.1, 0.15) is 15.4 Å². The summed E-state index contributed by atoms with van der Waals surface area (Å²) in [5.41, 5.74) is 0.146. The second-order valence-electron chi connectivity index (χ2n) is 9.80. The maximum Gasteiger partial charge on any atom is 0.333 e. The topological polar surface area (TPSA) is 95.0 Å². The number of aryl methyl sites for hydroxylation is 1. The molecule has 0 bridgehead atoms. The quantitative estimate of drug-likeness (QED) is 0.350. The first kappa shape index (κ1) is 24.1. The van der Waals surface area contributed by atoms with E-state index in [0.717, 1.165) is 11.1 Å². The molecule has 1 aliphatic rings. The lowest BCUT2D eigenvalue weighted by atomic mass is 9.97. The summed E-state index contributed by atoms with van der Waals surface area (Å²) in [7, 11) is 1.70. The molecule has 1 unspecified atom stereocenters. The third-order valence-electron chi connectivity index (χ3n) is 7.46. The van der Waals surface area contributed by atoms with Gasteiger partial charge in [0, 0.05) is 19.2 Å². The van der Waals surface area contributed by atoms with Crippen molar-refractivity contribution in [3.05, 3.63) is 111 Å². The van der Waals surface area contributed by atoms with Gasteiger partial charge in [-0.3, -0.25) is 14.2 Å². The van der Waals surface area contributed by atoms with E-state index < -0.39 is 22.8 Å². The summed E-state index contributed by atoms with van der Waals surface area (Å²) in [6, 6.07) is 18.9. The molecule has 0 aliphatic carbocycles. The zero-order valence-corrected chi connectivity index (χ0v) is 22.1. The molecule has 10 heteroatoms. The van der Waals surface area contributed by atoms with E-state index >= 15 is 0 Å². The van der Waals surface area contributed by atoms with E-state index in [1.165, 1.54) is 20.7 Å². The van der Waals surface area contributed by atoms with E-state index in [4.69, 9.17) is 0 Å². The average molecular weight is 527 g/mol. The van der Waals surface area contributed by atoms with Crippen LogP contribution in [-0.2, 0) is 10.3 Å². The molecule has 192 valence electrons. The predicted molar refractivity (Wildman–Crippen MR) is 146 cm³/mol. The van der Waals surface area contributed by atoms with Crippen molar-refractivity contribution in [3.8, 4) is 5.00 Å². The highest BCUT2D eigenvalue weighted by Gasteiger charge is 2.46. The summed E-state index contributed by atoms with van der Waals surface area (Å²) >= 11 is 1.30. The minimum Gasteiger partial charge on any atom is -0.344 e. The molecule has 4 heterocycles. The van der Waals surface area contributed by atoms with Crippen LogP contribution in [0.4, 0.5) is 0 Å². The summed E-state index contributed by atoms with van der Waals surface area (Å²) in [5.74, 6) is -0.250. The summed E-state index contributed by atoms with van der Waals surface area (Å²) in [6.07, 6.45) is 3.50. The maximum atomic E-state index is 14.6. The van der Waals surface area contributed by atoms with Crippen molar-refractivity contribution in [1.29, 1.82) is 0 Å². The smallest absolute Gasteiger partial charge is 0.333 e. The maximum absolute atomic E-state index is 14.6. The van der Waals surface area contributed by atoms with Gasteiger partial charge < -0.3 is 4.90 Å². The molecule has 0 spiro atoms. The number of fused-ring (bicyclic) bond motifs is 1. The first-order valence-electron chi connectivity index (χ1n) is 12.4. The number of aromatic nitrogens is 5. The van der Waals surface area contributed by atoms with Crippen LogP contribution in [0.25, 0.3) is 15.2 Å². The number of carbonyl (C=O) groups excluding carboxylic acids is 1. The lowest BCUT2D eigenvalue weighted by Crippen LogP contribution is -2.54. The number of benzene rings is 2. The molecule has 1 fully saturated rings. The molecule has 1 amide bonds. The molecule has 5 aromatic rings. The van der Waals surface area contributed by atoms with Crippen LogP contribution in [0.15, 0.2) is 82.6 Å². The molecule has 0 N–H and O–H groups in total. The fraction of sp³-hybridized carbons (Fsp3) is 0.250. The van der Waals surface area contributed by atoms with E-state index in [1.807, 2.05) is 67.6 Å². The predicted octanol–water partition coefficient (Wildman–Crippen LogP) is 3.33. The minimum absolute atomic E-state index is 0.250. The van der Waals surface area contributed by atoms with Gasteiger partial charge in [0.2, 0.25) is 5.91 Å². The van der Waals surface area contributed by atoms with Gasteiger partial charge in [-0.1, -0.05) is 72.0 Å². The van der Waals surface area contributed by atoms with Gasteiger partial charge in [-0.05, 0) is 31.4 Å². The number of likely N-dealkylation sites (N-methyl/N-ethyl adjacent to an activating group) is 1. The average Bonchev–Trinajstić information content (AvgIpc) is 3.64. The molecule has 2 aromatic carbocycles. The Morgan fingerprint density at radius 3 is 2.03 bits per heavy atom. The number of hydrogen-bond donors (Lipinski definition) is 0. The Bertz CT molecular complexity index is 1730. The van der Waals surface area contributed by atoms with Crippen LogP contribution in [0.2, 0.25) is 0 Å². The van der Waals surface area contributed by atoms with Crippen LogP contribution in [0.5, 0.6) is 0 Å². The lowest BCUT2D eigenvalue weighted by Gasteiger charge is -2.28. The fourth-order valence-corrected chi connectivity index (χ4v) is 6.69. The fourth-order valence-electron chi connectivity index (χ4n) is 5.45. The number of hydrogen-bond acceptors (Lipinski definition) is 6. The van der Waals surface area contributed by atoms with Crippen molar-refractivity contribution in [2.75, 3.05) is 13.6 Å². The number of likely N-dealkylation sites (tertiary alicyclic amines) is 1. The highest BCUT2D eigenvalue weighted by atomic mass is 32.1. The highest BCUT2D eigenvalue weighted by Crippen LogP contribution is 2.36. The van der Waals surface area contributed by atoms with E-state index in [0.29, 0.717) is 33.7 Å². The SMILES string of the molecule is Cc1c(-n2nccn2)sc2c1c(=O)n(C1(C)CCN(C)C1=O)c(=O)n2C(c1ccccc1)c1ccccc1. The largest absolute Gasteiger partial charge is 0.344 e. The van der Waals surface area contributed by atoms with Gasteiger partial charge in [0.15, 0.2) is 0 Å². The minimum atomic E-state index is -1.30. The van der Waals surface area contributed by atoms with Crippen LogP contribution in [0, 0.1) is 6.92 Å². The number of nitrogens with zero attached hydrogens (tertiary/aromatic N) is 6. The molecule has 38 heavy (non-hydrogen) atoms. The van der Waals surface area contributed by atoms with Crippen LogP contribution in [0.3, 0.4) is 0 Å². The van der Waals surface area contributed by atoms with Crippen molar-refractivity contribution < 1.29 is 4.79 Å². The number of thiophene rings is 1. The Labute approximate surface area is 222 Å². The molecule has 0 saturated carbocycles. The van der Waals surface area contributed by atoms with Crippen molar-refractivity contribution in [3.63, 3.8) is 0 Å².